The highest BCUT2D eigenvalue weighted by atomic mass is 32.1. The van der Waals surface area contributed by atoms with Crippen LogP contribution in [0.15, 0.2) is 22.6 Å². The normalized spacial score (nSPS) is 31.1. The van der Waals surface area contributed by atoms with Crippen molar-refractivity contribution in [2.45, 2.75) is 87.7 Å². The smallest absolute Gasteiger partial charge is 0.306 e. The van der Waals surface area contributed by atoms with Gasteiger partial charge in [0.1, 0.15) is 11.9 Å². The summed E-state index contributed by atoms with van der Waals surface area (Å²) >= 11 is 1.60. The highest BCUT2D eigenvalue weighted by Gasteiger charge is 2.40. The highest BCUT2D eigenvalue weighted by molar-refractivity contribution is 7.09. The molecule has 2 heterocycles. The number of esters is 1. The average molecular weight is 484 g/mol. The predicted molar refractivity (Wildman–Crippen MR) is 141 cm³/mol. The Hall–Kier alpha value is -2.19. The number of rotatable bonds is 2. The maximum atomic E-state index is 13.4. The number of Topliss-reactive ketones (excluding diaryl/α,β-unsaturated/α-hetero) is 1. The van der Waals surface area contributed by atoms with Crippen LogP contribution >= 0.6 is 11.3 Å². The quantitative estimate of drug-likeness (QED) is 0.257. The summed E-state index contributed by atoms with van der Waals surface area (Å²) in [5, 5.41) is 3.01. The average Bonchev–Trinajstić information content (AvgIpc) is 3.18. The number of nitrogens with zero attached hydrogens (tertiary/aromatic N) is 1. The summed E-state index contributed by atoms with van der Waals surface area (Å²) in [6.45, 7) is 18.1. The molecule has 0 aromatic carbocycles. The van der Waals surface area contributed by atoms with Crippen molar-refractivity contribution in [2.24, 2.45) is 29.1 Å². The first-order valence-electron chi connectivity index (χ1n) is 12.3. The summed E-state index contributed by atoms with van der Waals surface area (Å²) in [7, 11) is 0. The van der Waals surface area contributed by atoms with E-state index in [4.69, 9.17) is 4.74 Å². The van der Waals surface area contributed by atoms with Gasteiger partial charge in [0, 0.05) is 41.9 Å². The maximum absolute atomic E-state index is 13.4. The number of cyclic esters (lactones) is 1. The Kier molecular flexibility index (Phi) is 9.88. The molecule has 0 saturated carbocycles. The molecule has 2 rings (SSSR count). The van der Waals surface area contributed by atoms with Gasteiger partial charge in [0.2, 0.25) is 0 Å². The Morgan fingerprint density at radius 1 is 1.21 bits per heavy atom. The first-order chi connectivity index (χ1) is 15.8. The Bertz CT molecular complexity index is 1000. The summed E-state index contributed by atoms with van der Waals surface area (Å²) < 4.78 is 5.98. The first kappa shape index (κ1) is 28.1. The summed E-state index contributed by atoms with van der Waals surface area (Å²) in [5.41, 5.74) is 2.35. The minimum atomic E-state index is -0.633. The van der Waals surface area contributed by atoms with Crippen molar-refractivity contribution in [3.05, 3.63) is 33.3 Å². The van der Waals surface area contributed by atoms with E-state index in [2.05, 4.69) is 43.7 Å². The topological polar surface area (TPSA) is 56.3 Å². The van der Waals surface area contributed by atoms with E-state index in [1.54, 1.807) is 11.3 Å². The fourth-order valence-electron chi connectivity index (χ4n) is 4.18. The summed E-state index contributed by atoms with van der Waals surface area (Å²) in [6.07, 6.45) is 5.19. The highest BCUT2D eigenvalue weighted by Crippen LogP contribution is 2.37. The summed E-state index contributed by atoms with van der Waals surface area (Å²) in [4.78, 5) is 31.0. The van der Waals surface area contributed by atoms with E-state index in [9.17, 15) is 9.59 Å². The van der Waals surface area contributed by atoms with Gasteiger partial charge in [-0.15, -0.1) is 11.3 Å². The van der Waals surface area contributed by atoms with Gasteiger partial charge in [-0.25, -0.2) is 4.98 Å². The lowest BCUT2D eigenvalue weighted by molar-refractivity contribution is -0.150. The minimum absolute atomic E-state index is 0.121. The number of carbonyl (C=O) groups is 2. The minimum Gasteiger partial charge on any atom is -0.457 e. The molecule has 0 saturated heterocycles. The van der Waals surface area contributed by atoms with Gasteiger partial charge >= 0.3 is 5.97 Å². The van der Waals surface area contributed by atoms with Crippen LogP contribution in [0.1, 0.15) is 85.4 Å². The number of thiazole rings is 1. The van der Waals surface area contributed by atoms with Crippen molar-refractivity contribution < 1.29 is 14.3 Å². The van der Waals surface area contributed by atoms with Crippen LogP contribution in [0.4, 0.5) is 0 Å². The van der Waals surface area contributed by atoms with E-state index in [1.165, 1.54) is 0 Å². The fraction of sp³-hybridized carbons (Fsp3) is 0.621. The Balaban J connectivity index is 2.39. The van der Waals surface area contributed by atoms with Gasteiger partial charge in [-0.3, -0.25) is 9.59 Å². The van der Waals surface area contributed by atoms with Crippen molar-refractivity contribution in [3.8, 4) is 11.8 Å². The SMILES string of the molecule is C/C1=C/C[C@@H](/C(C)=C/c2csc(C)n2)OC(=O)C[C@H](C)C(C)(C)C(=O)[C@H](C)[C@@H](C)[C@@H](C)C#CC1. The Morgan fingerprint density at radius 3 is 2.50 bits per heavy atom. The van der Waals surface area contributed by atoms with E-state index in [0.29, 0.717) is 12.8 Å². The molecule has 1 aliphatic heterocycles. The molecule has 1 aliphatic rings. The third kappa shape index (κ3) is 7.40. The molecule has 34 heavy (non-hydrogen) atoms. The molecule has 0 fully saturated rings. The number of ketones is 1. The Morgan fingerprint density at radius 2 is 1.88 bits per heavy atom. The molecular weight excluding hydrogens is 442 g/mol. The van der Waals surface area contributed by atoms with Crippen LogP contribution in [0.5, 0.6) is 0 Å². The lowest BCUT2D eigenvalue weighted by Gasteiger charge is -2.35. The molecule has 5 heteroatoms. The maximum Gasteiger partial charge on any atom is 0.306 e. The summed E-state index contributed by atoms with van der Waals surface area (Å²) in [5.74, 6) is 6.56. The lowest BCUT2D eigenvalue weighted by Crippen LogP contribution is -2.39. The molecule has 0 unspecified atom stereocenters. The zero-order chi connectivity index (χ0) is 25.6. The van der Waals surface area contributed by atoms with E-state index in [1.807, 2.05) is 53.0 Å². The number of hydrogen-bond donors (Lipinski definition) is 0. The van der Waals surface area contributed by atoms with Gasteiger partial charge in [0.25, 0.3) is 0 Å². The molecule has 5 atom stereocenters. The second kappa shape index (κ2) is 12.0. The van der Waals surface area contributed by atoms with E-state index < -0.39 is 5.41 Å². The first-order valence-corrected chi connectivity index (χ1v) is 13.2. The molecule has 1 aromatic rings. The largest absolute Gasteiger partial charge is 0.457 e. The van der Waals surface area contributed by atoms with Crippen molar-refractivity contribution >= 4 is 29.2 Å². The van der Waals surface area contributed by atoms with Crippen LogP contribution < -0.4 is 0 Å². The van der Waals surface area contributed by atoms with Gasteiger partial charge in [0.05, 0.1) is 10.7 Å². The number of aromatic nitrogens is 1. The molecular formula is C29H41NO3S. The van der Waals surface area contributed by atoms with Crippen LogP contribution in [0, 0.1) is 47.9 Å². The molecule has 0 N–H and O–H groups in total. The third-order valence-corrected chi connectivity index (χ3v) is 8.29. The number of hydrogen-bond acceptors (Lipinski definition) is 5. The molecule has 186 valence electrons. The number of aryl methyl sites for hydroxylation is 1. The predicted octanol–water partition coefficient (Wildman–Crippen LogP) is 7.04. The zero-order valence-electron chi connectivity index (χ0n) is 22.3. The summed E-state index contributed by atoms with van der Waals surface area (Å²) in [6, 6.07) is 0. The molecule has 4 nitrogen and oxygen atoms in total. The molecule has 0 spiro atoms. The second-order valence-electron chi connectivity index (χ2n) is 10.6. The van der Waals surface area contributed by atoms with Crippen LogP contribution in [-0.2, 0) is 14.3 Å². The monoisotopic (exact) mass is 483 g/mol. The molecule has 0 bridgehead atoms. The van der Waals surface area contributed by atoms with Gasteiger partial charge < -0.3 is 4.74 Å². The Labute approximate surface area is 210 Å². The molecule has 0 aliphatic carbocycles. The van der Waals surface area contributed by atoms with Crippen molar-refractivity contribution in [2.75, 3.05) is 0 Å². The molecule has 1 aromatic heterocycles. The van der Waals surface area contributed by atoms with Crippen molar-refractivity contribution in [3.63, 3.8) is 0 Å². The van der Waals surface area contributed by atoms with E-state index in [-0.39, 0.29) is 47.9 Å². The zero-order valence-corrected chi connectivity index (χ0v) is 23.1. The van der Waals surface area contributed by atoms with E-state index in [0.717, 1.165) is 21.8 Å². The molecule has 0 radical (unpaired) electrons. The number of allylic oxidation sites excluding steroid dienone is 1. The van der Waals surface area contributed by atoms with Gasteiger partial charge in [-0.2, -0.15) is 0 Å². The van der Waals surface area contributed by atoms with E-state index >= 15 is 0 Å². The lowest BCUT2D eigenvalue weighted by atomic mass is 9.68. The second-order valence-corrected chi connectivity index (χ2v) is 11.6. The van der Waals surface area contributed by atoms with Crippen LogP contribution in [0.2, 0.25) is 0 Å². The van der Waals surface area contributed by atoms with Crippen LogP contribution in [0.25, 0.3) is 6.08 Å². The van der Waals surface area contributed by atoms with Crippen molar-refractivity contribution in [1.82, 2.24) is 4.98 Å². The number of ether oxygens (including phenoxy) is 1. The van der Waals surface area contributed by atoms with Crippen molar-refractivity contribution in [1.29, 1.82) is 0 Å². The van der Waals surface area contributed by atoms with Crippen LogP contribution in [0.3, 0.4) is 0 Å². The fourth-order valence-corrected chi connectivity index (χ4v) is 4.75. The van der Waals surface area contributed by atoms with Crippen LogP contribution in [-0.4, -0.2) is 22.8 Å². The van der Waals surface area contributed by atoms with Gasteiger partial charge in [-0.1, -0.05) is 65.0 Å². The molecule has 0 amide bonds. The third-order valence-electron chi connectivity index (χ3n) is 7.50. The van der Waals surface area contributed by atoms with Gasteiger partial charge in [0.15, 0.2) is 0 Å². The number of carbonyl (C=O) groups excluding carboxylic acids is 2. The van der Waals surface area contributed by atoms with Gasteiger partial charge in [-0.05, 0) is 44.3 Å². The standard InChI is InChI=1S/C29H41NO3S/c1-18-11-10-12-19(2)22(5)23(6)28(32)29(8,9)21(4)16-27(31)33-26(14-13-18)20(3)15-25-17-34-24(7)30-25/h13,15,17,19,21-23,26H,11,14,16H2,1-9H3/b18-13-,20-15+/t19-,21-,22-,23+,26-/m0/s1.